The first-order chi connectivity index (χ1) is 11.3. The van der Waals surface area contributed by atoms with E-state index in [0.29, 0.717) is 6.42 Å². The summed E-state index contributed by atoms with van der Waals surface area (Å²) < 4.78 is 5.09. The maximum absolute atomic E-state index is 12.2. The lowest BCUT2D eigenvalue weighted by molar-refractivity contribution is -0.141. The van der Waals surface area contributed by atoms with E-state index in [1.54, 1.807) is 0 Å². The van der Waals surface area contributed by atoms with E-state index in [1.165, 1.54) is 6.92 Å². The van der Waals surface area contributed by atoms with Crippen LogP contribution >= 0.6 is 0 Å². The van der Waals surface area contributed by atoms with Crippen LogP contribution in [-0.4, -0.2) is 23.8 Å². The van der Waals surface area contributed by atoms with Crippen LogP contribution < -0.4 is 10.6 Å². The van der Waals surface area contributed by atoms with E-state index in [0.717, 1.165) is 5.56 Å². The van der Waals surface area contributed by atoms with Gasteiger partial charge in [0.05, 0.1) is 0 Å². The third-order valence-electron chi connectivity index (χ3n) is 3.13. The van der Waals surface area contributed by atoms with Crippen LogP contribution in [0, 0.1) is 5.92 Å². The second-order valence-electron chi connectivity index (χ2n) is 5.91. The number of esters is 1. The molecule has 0 spiro atoms. The smallest absolute Gasteiger partial charge is 0.354 e. The molecule has 0 unspecified atom stereocenters. The van der Waals surface area contributed by atoms with E-state index in [1.807, 2.05) is 44.2 Å². The number of hydrogen-bond donors (Lipinski definition) is 2. The normalized spacial score (nSPS) is 11.5. The van der Waals surface area contributed by atoms with Crippen molar-refractivity contribution in [3.05, 3.63) is 48.2 Å². The second-order valence-corrected chi connectivity index (χ2v) is 5.91. The maximum atomic E-state index is 12.2. The van der Waals surface area contributed by atoms with Crippen molar-refractivity contribution < 1.29 is 19.1 Å². The van der Waals surface area contributed by atoms with Crippen molar-refractivity contribution in [1.82, 2.24) is 10.6 Å². The van der Waals surface area contributed by atoms with E-state index in [9.17, 15) is 14.4 Å². The minimum atomic E-state index is -0.721. The van der Waals surface area contributed by atoms with Crippen LogP contribution in [-0.2, 0) is 25.7 Å². The fourth-order valence-electron chi connectivity index (χ4n) is 2.05. The van der Waals surface area contributed by atoms with Gasteiger partial charge in [-0.3, -0.25) is 9.59 Å². The minimum Gasteiger partial charge on any atom is -0.456 e. The Morgan fingerprint density at radius 3 is 2.33 bits per heavy atom. The largest absolute Gasteiger partial charge is 0.456 e. The lowest BCUT2D eigenvalue weighted by atomic mass is 10.0. The van der Waals surface area contributed by atoms with Crippen molar-refractivity contribution in [3.8, 4) is 0 Å². The number of hydrogen-bond acceptors (Lipinski definition) is 4. The average Bonchev–Trinajstić information content (AvgIpc) is 2.51. The van der Waals surface area contributed by atoms with Gasteiger partial charge in [-0.25, -0.2) is 4.79 Å². The summed E-state index contributed by atoms with van der Waals surface area (Å²) in [7, 11) is 0. The van der Waals surface area contributed by atoms with Gasteiger partial charge >= 0.3 is 5.97 Å². The second kappa shape index (κ2) is 9.50. The third kappa shape index (κ3) is 7.09. The summed E-state index contributed by atoms with van der Waals surface area (Å²) >= 11 is 0. The summed E-state index contributed by atoms with van der Waals surface area (Å²) in [5, 5.41) is 4.97. The minimum absolute atomic E-state index is 0.0929. The van der Waals surface area contributed by atoms with Gasteiger partial charge in [-0.2, -0.15) is 0 Å². The van der Waals surface area contributed by atoms with Gasteiger partial charge in [0.25, 0.3) is 0 Å². The van der Waals surface area contributed by atoms with Gasteiger partial charge in [0.2, 0.25) is 11.8 Å². The van der Waals surface area contributed by atoms with Gasteiger partial charge in [-0.1, -0.05) is 50.8 Å². The molecule has 1 atom stereocenters. The topological polar surface area (TPSA) is 84.5 Å². The summed E-state index contributed by atoms with van der Waals surface area (Å²) in [5.41, 5.74) is 0.677. The number of ether oxygens (including phenoxy) is 1. The van der Waals surface area contributed by atoms with Gasteiger partial charge in [-0.15, -0.1) is 0 Å². The molecule has 1 aromatic rings. The van der Waals surface area contributed by atoms with E-state index < -0.39 is 17.9 Å². The molecule has 1 rings (SSSR count). The number of benzene rings is 1. The number of rotatable bonds is 8. The standard InChI is InChI=1S/C18H24N2O4/c1-12(2)10-16(20-14(4)21)17(22)19-13(3)18(23)24-11-15-8-6-5-7-9-15/h5-9,12,16H,3,10-11H2,1-2,4H3,(H,19,22)(H,20,21)/t16-/m0/s1. The zero-order valence-electron chi connectivity index (χ0n) is 14.3. The molecule has 0 bridgehead atoms. The highest BCUT2D eigenvalue weighted by molar-refractivity contribution is 5.96. The van der Waals surface area contributed by atoms with Crippen LogP contribution in [0.3, 0.4) is 0 Å². The van der Waals surface area contributed by atoms with Crippen molar-refractivity contribution in [3.63, 3.8) is 0 Å². The van der Waals surface area contributed by atoms with Crippen molar-refractivity contribution >= 4 is 17.8 Å². The van der Waals surface area contributed by atoms with E-state index in [4.69, 9.17) is 4.74 Å². The lowest BCUT2D eigenvalue weighted by Gasteiger charge is -2.19. The monoisotopic (exact) mass is 332 g/mol. The summed E-state index contributed by atoms with van der Waals surface area (Å²) in [4.78, 5) is 35.3. The fourth-order valence-corrected chi connectivity index (χ4v) is 2.05. The van der Waals surface area contributed by atoms with Crippen LogP contribution in [0.15, 0.2) is 42.6 Å². The average molecular weight is 332 g/mol. The Bertz CT molecular complexity index is 596. The SMILES string of the molecule is C=C(NC(=O)[C@H](CC(C)C)NC(C)=O)C(=O)OCc1ccccc1. The van der Waals surface area contributed by atoms with Gasteiger partial charge in [0.15, 0.2) is 0 Å². The highest BCUT2D eigenvalue weighted by Crippen LogP contribution is 2.07. The Hall–Kier alpha value is -2.63. The summed E-state index contributed by atoms with van der Waals surface area (Å²) in [6.45, 7) is 8.83. The van der Waals surface area contributed by atoms with Crippen LogP contribution in [0.4, 0.5) is 0 Å². The maximum Gasteiger partial charge on any atom is 0.354 e. The summed E-state index contributed by atoms with van der Waals surface area (Å²) in [6.07, 6.45) is 0.456. The van der Waals surface area contributed by atoms with Crippen LogP contribution in [0.1, 0.15) is 32.8 Å². The molecule has 24 heavy (non-hydrogen) atoms. The quantitative estimate of drug-likeness (QED) is 0.562. The molecule has 0 aliphatic carbocycles. The Kier molecular flexibility index (Phi) is 7.68. The van der Waals surface area contributed by atoms with Crippen LogP contribution in [0.5, 0.6) is 0 Å². The number of nitrogens with one attached hydrogen (secondary N) is 2. The molecule has 2 N–H and O–H groups in total. The van der Waals surface area contributed by atoms with E-state index in [2.05, 4.69) is 17.2 Å². The fraction of sp³-hybridized carbons (Fsp3) is 0.389. The van der Waals surface area contributed by atoms with Crippen molar-refractivity contribution in [2.24, 2.45) is 5.92 Å². The van der Waals surface area contributed by atoms with Crippen molar-refractivity contribution in [2.75, 3.05) is 0 Å². The van der Waals surface area contributed by atoms with Crippen molar-refractivity contribution in [2.45, 2.75) is 39.8 Å². The molecule has 6 nitrogen and oxygen atoms in total. The first kappa shape index (κ1) is 19.4. The van der Waals surface area contributed by atoms with Gasteiger partial charge in [0.1, 0.15) is 18.3 Å². The molecule has 6 heteroatoms. The van der Waals surface area contributed by atoms with E-state index >= 15 is 0 Å². The molecule has 0 aliphatic rings. The molecule has 1 aromatic carbocycles. The molecule has 130 valence electrons. The Morgan fingerprint density at radius 1 is 1.17 bits per heavy atom. The molecular formula is C18H24N2O4. The zero-order chi connectivity index (χ0) is 18.1. The Morgan fingerprint density at radius 2 is 1.79 bits per heavy atom. The predicted octanol–water partition coefficient (Wildman–Crippen LogP) is 1.91. The van der Waals surface area contributed by atoms with E-state index in [-0.39, 0.29) is 24.1 Å². The predicted molar refractivity (Wildman–Crippen MR) is 90.6 cm³/mol. The van der Waals surface area contributed by atoms with Crippen LogP contribution in [0.25, 0.3) is 0 Å². The van der Waals surface area contributed by atoms with Crippen LogP contribution in [0.2, 0.25) is 0 Å². The molecule has 0 heterocycles. The summed E-state index contributed by atoms with van der Waals surface area (Å²) in [5.74, 6) is -1.31. The summed E-state index contributed by atoms with van der Waals surface area (Å²) in [6, 6.07) is 8.46. The zero-order valence-corrected chi connectivity index (χ0v) is 14.3. The van der Waals surface area contributed by atoms with Gasteiger partial charge < -0.3 is 15.4 Å². The highest BCUT2D eigenvalue weighted by Gasteiger charge is 2.23. The number of carbonyl (C=O) groups excluding carboxylic acids is 3. The highest BCUT2D eigenvalue weighted by atomic mass is 16.5. The Labute approximate surface area is 142 Å². The molecule has 0 radical (unpaired) electrons. The van der Waals surface area contributed by atoms with Gasteiger partial charge in [0, 0.05) is 6.92 Å². The molecule has 2 amide bonds. The lowest BCUT2D eigenvalue weighted by Crippen LogP contribution is -2.47. The van der Waals surface area contributed by atoms with Crippen molar-refractivity contribution in [1.29, 1.82) is 0 Å². The molecule has 0 saturated heterocycles. The third-order valence-corrected chi connectivity index (χ3v) is 3.13. The molecule has 0 saturated carbocycles. The molecular weight excluding hydrogens is 308 g/mol. The number of carbonyl (C=O) groups is 3. The van der Waals surface area contributed by atoms with Gasteiger partial charge in [-0.05, 0) is 17.9 Å². The molecule has 0 aromatic heterocycles. The molecule has 0 fully saturated rings. The first-order valence-electron chi connectivity index (χ1n) is 7.77. The number of amides is 2. The molecule has 0 aliphatic heterocycles. The first-order valence-corrected chi connectivity index (χ1v) is 7.77. The Balaban J connectivity index is 2.55.